The lowest BCUT2D eigenvalue weighted by molar-refractivity contribution is -0.302. The number of hydrogen-bond acceptors (Lipinski definition) is 15. The van der Waals surface area contributed by atoms with Crippen molar-refractivity contribution < 1.29 is 62.6 Å². The number of carbonyl (C=O) groups is 5. The summed E-state index contributed by atoms with van der Waals surface area (Å²) in [6.45, 7) is 13.8. The summed E-state index contributed by atoms with van der Waals surface area (Å²) < 4.78 is 35.8. The Morgan fingerprint density at radius 3 is 2.25 bits per heavy atom. The number of esters is 2. The molecule has 71 heavy (non-hydrogen) atoms. The van der Waals surface area contributed by atoms with Gasteiger partial charge in [0.1, 0.15) is 23.5 Å². The number of piperidine rings is 1. The van der Waals surface area contributed by atoms with Gasteiger partial charge < -0.3 is 43.5 Å². The standard InChI is InChI=1S/C55H79NO13S2/c1-10-13-39-25-32(2)24-33(3)26-45(65-8)50-46(66-9)28-35(5)55(63,69-50)51(59)52(60)56-22-12-11-14-41(56)53(61)68-49(36(6)42(57)30-43(39)58)34(4)27-38-17-20-47(44(29-38)64-7)70-31-37-15-18-40(19-16-37)71-48-21-23-67-54(48)62/h10,15-16,18-19,25,27,32-33,35-36,38,41-42,44-50,57,63H,1,11-14,17,20-24,26,28-31H2,2-9H3/t32?,33-,35+,36+,38-,41-,42-,44+,45-,46-,47?,48?,49+,50?,55+/m0/s1. The van der Waals surface area contributed by atoms with Crippen molar-refractivity contribution in [2.24, 2.45) is 29.6 Å². The van der Waals surface area contributed by atoms with Crippen molar-refractivity contribution in [3.8, 4) is 0 Å². The molecule has 1 aromatic rings. The van der Waals surface area contributed by atoms with E-state index in [4.69, 9.17) is 28.4 Å². The number of amides is 1. The van der Waals surface area contributed by atoms with E-state index in [0.717, 1.165) is 29.9 Å². The number of fused-ring (bicyclic) bond motifs is 3. The Morgan fingerprint density at radius 1 is 0.887 bits per heavy atom. The molecule has 394 valence electrons. The number of cyclic esters (lactones) is 2. The Morgan fingerprint density at radius 2 is 1.59 bits per heavy atom. The molecular formula is C55H79NO13S2. The largest absolute Gasteiger partial charge is 0.465 e. The number of rotatable bonds is 12. The molecule has 2 N–H and O–H groups in total. The Balaban J connectivity index is 1.25. The first-order chi connectivity index (χ1) is 33.9. The van der Waals surface area contributed by atoms with Crippen LogP contribution < -0.4 is 0 Å². The molecule has 15 atom stereocenters. The van der Waals surface area contributed by atoms with E-state index in [9.17, 15) is 34.2 Å². The molecule has 14 nitrogen and oxygen atoms in total. The minimum absolute atomic E-state index is 0.0259. The predicted molar refractivity (Wildman–Crippen MR) is 273 cm³/mol. The van der Waals surface area contributed by atoms with E-state index in [-0.39, 0.29) is 71.9 Å². The molecule has 4 heterocycles. The van der Waals surface area contributed by atoms with Gasteiger partial charge >= 0.3 is 11.9 Å². The van der Waals surface area contributed by atoms with E-state index in [0.29, 0.717) is 56.3 Å². The van der Waals surface area contributed by atoms with Crippen LogP contribution in [0.1, 0.15) is 117 Å². The highest BCUT2D eigenvalue weighted by molar-refractivity contribution is 8.00. The Bertz CT molecular complexity index is 2080. The van der Waals surface area contributed by atoms with Crippen LogP contribution in [0.4, 0.5) is 0 Å². The first kappa shape index (κ1) is 56.9. The number of thioether (sulfide) groups is 2. The number of ketones is 2. The minimum atomic E-state index is -2.52. The fourth-order valence-electron chi connectivity index (χ4n) is 11.2. The summed E-state index contributed by atoms with van der Waals surface area (Å²) in [5.74, 6) is -6.60. The molecule has 0 spiro atoms. The summed E-state index contributed by atoms with van der Waals surface area (Å²) in [7, 11) is 4.80. The highest BCUT2D eigenvalue weighted by Crippen LogP contribution is 2.41. The normalized spacial score (nSPS) is 36.5. The van der Waals surface area contributed by atoms with E-state index >= 15 is 0 Å². The first-order valence-electron chi connectivity index (χ1n) is 25.7. The maximum atomic E-state index is 14.6. The molecule has 4 fully saturated rings. The molecule has 4 aliphatic heterocycles. The van der Waals surface area contributed by atoms with Crippen molar-refractivity contribution in [1.29, 1.82) is 0 Å². The zero-order valence-corrected chi connectivity index (χ0v) is 44.7. The molecule has 5 aliphatic rings. The second-order valence-corrected chi connectivity index (χ2v) is 23.3. The number of methoxy groups -OCH3 is 3. The molecule has 4 unspecified atom stereocenters. The molecule has 1 amide bonds. The number of hydrogen-bond donors (Lipinski definition) is 2. The average Bonchev–Trinajstić information content (AvgIpc) is 3.77. The highest BCUT2D eigenvalue weighted by atomic mass is 32.2. The molecule has 2 bridgehead atoms. The molecule has 0 radical (unpaired) electrons. The monoisotopic (exact) mass is 1030 g/mol. The Hall–Kier alpha value is -3.35. The van der Waals surface area contributed by atoms with Crippen molar-refractivity contribution in [3.63, 3.8) is 0 Å². The summed E-state index contributed by atoms with van der Waals surface area (Å²) in [6, 6.07) is 7.18. The number of aliphatic hydroxyl groups excluding tert-OH is 1. The third-order valence-electron chi connectivity index (χ3n) is 15.4. The quantitative estimate of drug-likeness (QED) is 0.117. The van der Waals surface area contributed by atoms with Crippen LogP contribution in [0.5, 0.6) is 0 Å². The van der Waals surface area contributed by atoms with Gasteiger partial charge in [-0.05, 0) is 118 Å². The van der Waals surface area contributed by atoms with Gasteiger partial charge in [-0.3, -0.25) is 19.2 Å². The molecule has 3 saturated heterocycles. The van der Waals surface area contributed by atoms with Crippen LogP contribution in [0.15, 0.2) is 65.1 Å². The van der Waals surface area contributed by atoms with Crippen molar-refractivity contribution in [3.05, 3.63) is 65.8 Å². The fraction of sp³-hybridized carbons (Fsp3) is 0.691. The van der Waals surface area contributed by atoms with Crippen LogP contribution in [-0.2, 0) is 58.1 Å². The lowest BCUT2D eigenvalue weighted by atomic mass is 9.81. The zero-order valence-electron chi connectivity index (χ0n) is 43.1. The van der Waals surface area contributed by atoms with Gasteiger partial charge in [-0.25, -0.2) is 4.79 Å². The number of allylic oxidation sites excluding steroid dienone is 4. The van der Waals surface area contributed by atoms with Gasteiger partial charge in [0.25, 0.3) is 11.7 Å². The van der Waals surface area contributed by atoms with E-state index in [2.05, 4.69) is 43.8 Å². The first-order valence-corrected chi connectivity index (χ1v) is 27.6. The van der Waals surface area contributed by atoms with Crippen LogP contribution in [0.3, 0.4) is 0 Å². The smallest absolute Gasteiger partial charge is 0.329 e. The van der Waals surface area contributed by atoms with Gasteiger partial charge in [-0.1, -0.05) is 58.1 Å². The average molecular weight is 1030 g/mol. The summed E-state index contributed by atoms with van der Waals surface area (Å²) in [4.78, 5) is 71.8. The number of ether oxygens (including phenoxy) is 6. The Labute approximate surface area is 429 Å². The highest BCUT2D eigenvalue weighted by Gasteiger charge is 2.56. The third-order valence-corrected chi connectivity index (χ3v) is 18.1. The van der Waals surface area contributed by atoms with Crippen molar-refractivity contribution >= 4 is 52.9 Å². The van der Waals surface area contributed by atoms with Gasteiger partial charge in [0, 0.05) is 68.4 Å². The molecule has 16 heteroatoms. The summed E-state index contributed by atoms with van der Waals surface area (Å²) in [5.41, 5.74) is 2.42. The zero-order chi connectivity index (χ0) is 51.6. The van der Waals surface area contributed by atoms with Crippen molar-refractivity contribution in [2.45, 2.75) is 181 Å². The summed E-state index contributed by atoms with van der Waals surface area (Å²) >= 11 is 3.40. The fourth-order valence-corrected chi connectivity index (χ4v) is 13.6. The maximum absolute atomic E-state index is 14.6. The summed E-state index contributed by atoms with van der Waals surface area (Å²) in [5, 5.41) is 24.2. The molecule has 1 aromatic carbocycles. The second-order valence-electron chi connectivity index (χ2n) is 20.8. The number of Topliss-reactive ketones (excluding diaryl/α,β-unsaturated/α-hetero) is 2. The van der Waals surface area contributed by atoms with E-state index < -0.39 is 71.8 Å². The predicted octanol–water partition coefficient (Wildman–Crippen LogP) is 7.99. The van der Waals surface area contributed by atoms with Crippen LogP contribution in [0.2, 0.25) is 0 Å². The summed E-state index contributed by atoms with van der Waals surface area (Å²) in [6.07, 6.45) is 7.31. The van der Waals surface area contributed by atoms with Crippen molar-refractivity contribution in [2.75, 3.05) is 34.5 Å². The molecule has 6 rings (SSSR count). The van der Waals surface area contributed by atoms with Crippen molar-refractivity contribution in [1.82, 2.24) is 4.90 Å². The topological polar surface area (TPSA) is 184 Å². The van der Waals surface area contributed by atoms with Gasteiger partial charge in [0.2, 0.25) is 5.79 Å². The molecule has 0 aromatic heterocycles. The lowest BCUT2D eigenvalue weighted by Crippen LogP contribution is -2.64. The third kappa shape index (κ3) is 14.3. The van der Waals surface area contributed by atoms with Crippen LogP contribution in [0, 0.1) is 29.6 Å². The van der Waals surface area contributed by atoms with Crippen LogP contribution in [-0.4, -0.2) is 138 Å². The van der Waals surface area contributed by atoms with Gasteiger partial charge in [-0.2, -0.15) is 11.8 Å². The number of nitrogens with zero attached hydrogens (tertiary/aromatic N) is 1. The van der Waals surface area contributed by atoms with Crippen LogP contribution >= 0.6 is 23.5 Å². The Kier molecular flexibility index (Phi) is 21.0. The SMILES string of the molecule is C=CCC1=CC(C)C[C@H](C)C[C@H](OC)C2O[C@@](O)(C(=O)C(=O)N3CCCC[C@H]3C(=O)O[C@H](C(C)=C[C@@H]3CCC(SCc4ccc(SC5CCOC5=O)cc4)[C@H](OC)C3)[C@H](C)[C@@H](O)CC1=O)[C@H](C)C[C@@H]2OC. The molecule has 1 saturated carbocycles. The second kappa shape index (κ2) is 26.2. The number of benzene rings is 1. The van der Waals surface area contributed by atoms with E-state index in [1.807, 2.05) is 31.7 Å². The van der Waals surface area contributed by atoms with Gasteiger partial charge in [0.05, 0.1) is 31.0 Å². The number of carbonyl (C=O) groups excluding carboxylic acids is 5. The lowest BCUT2D eigenvalue weighted by Gasteiger charge is -2.47. The molecule has 1 aliphatic carbocycles. The minimum Gasteiger partial charge on any atom is -0.465 e. The van der Waals surface area contributed by atoms with Gasteiger partial charge in [-0.15, -0.1) is 18.3 Å². The van der Waals surface area contributed by atoms with E-state index in [1.54, 1.807) is 38.8 Å². The number of aliphatic hydroxyl groups is 2. The molecular weight excluding hydrogens is 947 g/mol. The van der Waals surface area contributed by atoms with Gasteiger partial charge in [0.15, 0.2) is 5.78 Å². The van der Waals surface area contributed by atoms with Crippen LogP contribution in [0.25, 0.3) is 0 Å². The van der Waals surface area contributed by atoms with E-state index in [1.165, 1.54) is 24.7 Å². The maximum Gasteiger partial charge on any atom is 0.329 e.